The molecule has 5 nitrogen and oxygen atoms in total. The van der Waals surface area contributed by atoms with Crippen LogP contribution in [-0.2, 0) is 9.53 Å². The van der Waals surface area contributed by atoms with E-state index in [1.54, 1.807) is 19.1 Å². The number of carbonyl (C=O) groups excluding carboxylic acids is 2. The summed E-state index contributed by atoms with van der Waals surface area (Å²) in [6.07, 6.45) is 0. The van der Waals surface area contributed by atoms with Crippen LogP contribution in [-0.4, -0.2) is 36.0 Å². The standard InChI is InChI=1S/C12H16BrNO4/c1-4-17-11(15)7-14(8(2)3)12(16)9-5-6-10(13)18-9/h5-6,8H,4,7H2,1-3H3. The number of ether oxygens (including phenoxy) is 1. The van der Waals surface area contributed by atoms with Crippen molar-refractivity contribution in [1.82, 2.24) is 4.90 Å². The zero-order chi connectivity index (χ0) is 13.7. The first-order valence-electron chi connectivity index (χ1n) is 5.67. The number of carbonyl (C=O) groups is 2. The highest BCUT2D eigenvalue weighted by Gasteiger charge is 2.24. The van der Waals surface area contributed by atoms with E-state index in [1.165, 1.54) is 4.90 Å². The molecule has 6 heteroatoms. The first-order valence-corrected chi connectivity index (χ1v) is 6.47. The first kappa shape index (κ1) is 14.8. The predicted octanol–water partition coefficient (Wildman–Crippen LogP) is 2.46. The van der Waals surface area contributed by atoms with Gasteiger partial charge in [0.2, 0.25) is 0 Å². The van der Waals surface area contributed by atoms with Gasteiger partial charge in [0.05, 0.1) is 6.61 Å². The predicted molar refractivity (Wildman–Crippen MR) is 69.2 cm³/mol. The summed E-state index contributed by atoms with van der Waals surface area (Å²) in [6, 6.07) is 3.08. The molecule has 18 heavy (non-hydrogen) atoms. The van der Waals surface area contributed by atoms with E-state index in [9.17, 15) is 9.59 Å². The Bertz CT molecular complexity index is 427. The summed E-state index contributed by atoms with van der Waals surface area (Å²) in [4.78, 5) is 25.0. The number of hydrogen-bond donors (Lipinski definition) is 0. The van der Waals surface area contributed by atoms with Crippen LogP contribution in [0.15, 0.2) is 21.2 Å². The minimum atomic E-state index is -0.426. The van der Waals surface area contributed by atoms with Crippen LogP contribution in [0.25, 0.3) is 0 Å². The largest absolute Gasteiger partial charge is 0.465 e. The van der Waals surface area contributed by atoms with Crippen LogP contribution in [0.1, 0.15) is 31.3 Å². The molecule has 0 unspecified atom stereocenters. The van der Waals surface area contributed by atoms with Crippen LogP contribution in [0.5, 0.6) is 0 Å². The normalized spacial score (nSPS) is 10.5. The Balaban J connectivity index is 2.79. The number of amides is 1. The zero-order valence-corrected chi connectivity index (χ0v) is 12.2. The highest BCUT2D eigenvalue weighted by Crippen LogP contribution is 2.16. The molecule has 0 fully saturated rings. The summed E-state index contributed by atoms with van der Waals surface area (Å²) in [5.41, 5.74) is 0. The van der Waals surface area contributed by atoms with Crippen LogP contribution in [0.3, 0.4) is 0 Å². The van der Waals surface area contributed by atoms with Gasteiger partial charge in [0.25, 0.3) is 5.91 Å². The molecule has 0 aliphatic carbocycles. The zero-order valence-electron chi connectivity index (χ0n) is 10.6. The number of furan rings is 1. The van der Waals surface area contributed by atoms with Crippen molar-refractivity contribution in [2.24, 2.45) is 0 Å². The summed E-state index contributed by atoms with van der Waals surface area (Å²) >= 11 is 3.13. The SMILES string of the molecule is CCOC(=O)CN(C(=O)c1ccc(Br)o1)C(C)C. The van der Waals surface area contributed by atoms with Crippen molar-refractivity contribution in [2.75, 3.05) is 13.2 Å². The average Bonchev–Trinajstić information content (AvgIpc) is 2.72. The molecule has 0 N–H and O–H groups in total. The average molecular weight is 318 g/mol. The van der Waals surface area contributed by atoms with Gasteiger partial charge in [-0.25, -0.2) is 0 Å². The lowest BCUT2D eigenvalue weighted by molar-refractivity contribution is -0.144. The quantitative estimate of drug-likeness (QED) is 0.783. The van der Waals surface area contributed by atoms with Gasteiger partial charge in [0.15, 0.2) is 10.4 Å². The van der Waals surface area contributed by atoms with E-state index >= 15 is 0 Å². The van der Waals surface area contributed by atoms with Crippen LogP contribution < -0.4 is 0 Å². The molecule has 0 bridgehead atoms. The van der Waals surface area contributed by atoms with Crippen molar-refractivity contribution in [3.05, 3.63) is 22.6 Å². The Morgan fingerprint density at radius 1 is 1.44 bits per heavy atom. The molecular weight excluding hydrogens is 302 g/mol. The lowest BCUT2D eigenvalue weighted by Gasteiger charge is -2.24. The number of hydrogen-bond acceptors (Lipinski definition) is 4. The van der Waals surface area contributed by atoms with Gasteiger partial charge in [-0.05, 0) is 48.8 Å². The third kappa shape index (κ3) is 3.87. The third-order valence-corrected chi connectivity index (χ3v) is 2.70. The summed E-state index contributed by atoms with van der Waals surface area (Å²) < 4.78 is 10.5. The second kappa shape index (κ2) is 6.58. The lowest BCUT2D eigenvalue weighted by atomic mass is 10.3. The van der Waals surface area contributed by atoms with Gasteiger partial charge >= 0.3 is 5.97 Å². The summed E-state index contributed by atoms with van der Waals surface area (Å²) in [5, 5.41) is 0. The lowest BCUT2D eigenvalue weighted by Crippen LogP contribution is -2.41. The minimum Gasteiger partial charge on any atom is -0.465 e. The van der Waals surface area contributed by atoms with E-state index in [4.69, 9.17) is 9.15 Å². The van der Waals surface area contributed by atoms with Crippen LogP contribution in [0.4, 0.5) is 0 Å². The van der Waals surface area contributed by atoms with Crippen LogP contribution >= 0.6 is 15.9 Å². The Morgan fingerprint density at radius 2 is 2.11 bits per heavy atom. The highest BCUT2D eigenvalue weighted by atomic mass is 79.9. The molecule has 1 aromatic rings. The van der Waals surface area contributed by atoms with Gasteiger partial charge in [0.1, 0.15) is 6.54 Å². The fourth-order valence-electron chi connectivity index (χ4n) is 1.41. The topological polar surface area (TPSA) is 59.8 Å². The molecule has 1 aromatic heterocycles. The Morgan fingerprint density at radius 3 is 2.56 bits per heavy atom. The maximum Gasteiger partial charge on any atom is 0.325 e. The molecular formula is C12H16BrNO4. The maximum absolute atomic E-state index is 12.1. The Hall–Kier alpha value is -1.30. The molecule has 0 saturated carbocycles. The maximum atomic E-state index is 12.1. The molecule has 0 saturated heterocycles. The second-order valence-electron chi connectivity index (χ2n) is 3.94. The van der Waals surface area contributed by atoms with Gasteiger partial charge in [-0.15, -0.1) is 0 Å². The molecule has 0 spiro atoms. The van der Waals surface area contributed by atoms with E-state index in [1.807, 2.05) is 13.8 Å². The van der Waals surface area contributed by atoms with Gasteiger partial charge in [-0.3, -0.25) is 9.59 Å². The number of halogens is 1. The van der Waals surface area contributed by atoms with E-state index < -0.39 is 5.97 Å². The van der Waals surface area contributed by atoms with Crippen molar-refractivity contribution in [1.29, 1.82) is 0 Å². The number of esters is 1. The van der Waals surface area contributed by atoms with E-state index in [0.29, 0.717) is 11.3 Å². The summed E-state index contributed by atoms with van der Waals surface area (Å²) in [6.45, 7) is 5.60. The number of rotatable bonds is 5. The highest BCUT2D eigenvalue weighted by molar-refractivity contribution is 9.10. The van der Waals surface area contributed by atoms with E-state index in [0.717, 1.165) is 0 Å². The van der Waals surface area contributed by atoms with Crippen molar-refractivity contribution < 1.29 is 18.7 Å². The molecule has 100 valence electrons. The van der Waals surface area contributed by atoms with E-state index in [2.05, 4.69) is 15.9 Å². The minimum absolute atomic E-state index is 0.0807. The molecule has 0 aliphatic heterocycles. The van der Waals surface area contributed by atoms with Gasteiger partial charge in [0, 0.05) is 6.04 Å². The summed E-state index contributed by atoms with van der Waals surface area (Å²) in [5.74, 6) is -0.561. The monoisotopic (exact) mass is 317 g/mol. The van der Waals surface area contributed by atoms with Gasteiger partial charge < -0.3 is 14.1 Å². The van der Waals surface area contributed by atoms with Crippen LogP contribution in [0, 0.1) is 0 Å². The van der Waals surface area contributed by atoms with Gasteiger partial charge in [-0.1, -0.05) is 0 Å². The fourth-order valence-corrected chi connectivity index (χ4v) is 1.71. The van der Waals surface area contributed by atoms with Crippen molar-refractivity contribution in [3.63, 3.8) is 0 Å². The second-order valence-corrected chi connectivity index (χ2v) is 4.72. The smallest absolute Gasteiger partial charge is 0.325 e. The van der Waals surface area contributed by atoms with Crippen molar-refractivity contribution in [2.45, 2.75) is 26.8 Å². The molecule has 1 heterocycles. The van der Waals surface area contributed by atoms with E-state index in [-0.39, 0.29) is 24.3 Å². The molecule has 0 atom stereocenters. The molecule has 1 rings (SSSR count). The molecule has 0 radical (unpaired) electrons. The van der Waals surface area contributed by atoms with Crippen molar-refractivity contribution >= 4 is 27.8 Å². The molecule has 0 aliphatic rings. The summed E-state index contributed by atoms with van der Waals surface area (Å²) in [7, 11) is 0. The Kier molecular flexibility index (Phi) is 5.40. The van der Waals surface area contributed by atoms with Crippen molar-refractivity contribution in [3.8, 4) is 0 Å². The van der Waals surface area contributed by atoms with Gasteiger partial charge in [-0.2, -0.15) is 0 Å². The fraction of sp³-hybridized carbons (Fsp3) is 0.500. The van der Waals surface area contributed by atoms with Crippen LogP contribution in [0.2, 0.25) is 0 Å². The third-order valence-electron chi connectivity index (χ3n) is 2.27. The number of nitrogens with zero attached hydrogens (tertiary/aromatic N) is 1. The first-order chi connectivity index (χ1) is 8.45. The Labute approximate surface area is 114 Å². The molecule has 0 aromatic carbocycles. The molecule has 1 amide bonds.